The maximum atomic E-state index is 14.4. The molecule has 0 radical (unpaired) electrons. The van der Waals surface area contributed by atoms with Crippen LogP contribution >= 0.6 is 0 Å². The number of likely N-dealkylation sites (tertiary alicyclic amines) is 2. The molecule has 2 bridgehead atoms. The fourth-order valence-electron chi connectivity index (χ4n) is 4.48. The molecule has 33 heavy (non-hydrogen) atoms. The average Bonchev–Trinajstić information content (AvgIpc) is 3.50. The maximum Gasteiger partial charge on any atom is 0.419 e. The maximum absolute atomic E-state index is 14.4. The number of carbonyl (C=O) groups is 1. The number of nitrogens with one attached hydrogen (secondary N) is 2. The van der Waals surface area contributed by atoms with Crippen LogP contribution in [-0.2, 0) is 12.7 Å². The molecule has 2 fully saturated rings. The number of amides is 1. The first-order valence-electron chi connectivity index (χ1n) is 10.3. The number of nitrogens with zero attached hydrogens (tertiary/aromatic N) is 5. The number of aromatic nitrogens is 4. The molecule has 172 valence electrons. The van der Waals surface area contributed by atoms with E-state index in [1.54, 1.807) is 24.7 Å². The van der Waals surface area contributed by atoms with Gasteiger partial charge in [-0.15, -0.1) is 0 Å². The second-order valence-corrected chi connectivity index (χ2v) is 8.09. The molecule has 2 aromatic heterocycles. The van der Waals surface area contributed by atoms with Gasteiger partial charge >= 0.3 is 6.18 Å². The van der Waals surface area contributed by atoms with Crippen molar-refractivity contribution in [3.63, 3.8) is 0 Å². The average molecular weight is 461 g/mol. The standard InChI is InChI=1S/C21H19F4N7O/c22-19-15(2-1-3-16(19)21(23,24)25)20(33)32-11-13-6-14(32)10-31(13)9-12-7-26-8-18(28-12)29-17-4-5-27-30-17/h1-5,7-8,13-14H,6,9-11H2,(H2,27,28,29,30)/t13-,14-/m0/s1. The van der Waals surface area contributed by atoms with E-state index in [2.05, 4.69) is 30.4 Å². The highest BCUT2D eigenvalue weighted by Crippen LogP contribution is 2.36. The molecule has 2 saturated heterocycles. The lowest BCUT2D eigenvalue weighted by atomic mass is 10.1. The summed E-state index contributed by atoms with van der Waals surface area (Å²) in [6.45, 7) is 1.35. The predicted molar refractivity (Wildman–Crippen MR) is 109 cm³/mol. The third-order valence-electron chi connectivity index (χ3n) is 5.96. The van der Waals surface area contributed by atoms with Crippen LogP contribution in [0.1, 0.15) is 28.0 Å². The van der Waals surface area contributed by atoms with Gasteiger partial charge in [-0.05, 0) is 18.6 Å². The van der Waals surface area contributed by atoms with Gasteiger partial charge in [0, 0.05) is 44.0 Å². The van der Waals surface area contributed by atoms with Crippen LogP contribution in [0.5, 0.6) is 0 Å². The van der Waals surface area contributed by atoms with Gasteiger partial charge in [0.05, 0.1) is 29.2 Å². The van der Waals surface area contributed by atoms with Gasteiger partial charge in [0.25, 0.3) is 5.91 Å². The molecular formula is C21H19F4N7O. The Morgan fingerprint density at radius 3 is 2.73 bits per heavy atom. The minimum absolute atomic E-state index is 0.0128. The Labute approximate surface area is 185 Å². The Hall–Kier alpha value is -3.54. The molecule has 0 aliphatic carbocycles. The SMILES string of the molecule is O=C(c1cccc(C(F)(F)F)c1F)N1C[C@@H]2C[C@H]1CN2Cc1cncc(Nc2ccn[nH]2)n1. The van der Waals surface area contributed by atoms with Gasteiger partial charge < -0.3 is 10.2 Å². The molecule has 2 N–H and O–H groups in total. The highest BCUT2D eigenvalue weighted by Gasteiger charge is 2.46. The number of anilines is 2. The first-order chi connectivity index (χ1) is 15.8. The van der Waals surface area contributed by atoms with Gasteiger partial charge in [-0.3, -0.25) is 19.8 Å². The molecule has 2 aliphatic rings. The smallest absolute Gasteiger partial charge is 0.333 e. The number of H-pyrrole nitrogens is 1. The van der Waals surface area contributed by atoms with Crippen LogP contribution in [0.25, 0.3) is 0 Å². The highest BCUT2D eigenvalue weighted by molar-refractivity contribution is 5.95. The van der Waals surface area contributed by atoms with Gasteiger partial charge in [-0.1, -0.05) is 6.07 Å². The van der Waals surface area contributed by atoms with Crippen molar-refractivity contribution in [1.82, 2.24) is 30.0 Å². The van der Waals surface area contributed by atoms with E-state index in [1.165, 1.54) is 4.90 Å². The molecule has 1 aromatic carbocycles. The van der Waals surface area contributed by atoms with Crippen LogP contribution in [-0.4, -0.2) is 61.0 Å². The lowest BCUT2D eigenvalue weighted by Gasteiger charge is -2.34. The number of aromatic amines is 1. The van der Waals surface area contributed by atoms with E-state index in [4.69, 9.17) is 0 Å². The molecule has 0 unspecified atom stereocenters. The monoisotopic (exact) mass is 461 g/mol. The van der Waals surface area contributed by atoms with E-state index in [1.807, 2.05) is 0 Å². The van der Waals surface area contributed by atoms with Crippen LogP contribution in [0.2, 0.25) is 0 Å². The Kier molecular flexibility index (Phi) is 5.23. The van der Waals surface area contributed by atoms with Crippen molar-refractivity contribution in [3.05, 3.63) is 65.5 Å². The molecule has 1 amide bonds. The molecule has 5 rings (SSSR count). The van der Waals surface area contributed by atoms with E-state index in [-0.39, 0.29) is 12.1 Å². The summed E-state index contributed by atoms with van der Waals surface area (Å²) in [7, 11) is 0. The van der Waals surface area contributed by atoms with Gasteiger partial charge in [-0.2, -0.15) is 18.3 Å². The lowest BCUT2D eigenvalue weighted by molar-refractivity contribution is -0.140. The summed E-state index contributed by atoms with van der Waals surface area (Å²) in [5.41, 5.74) is -1.25. The normalized spacial score (nSPS) is 20.4. The Bertz CT molecular complexity index is 1170. The summed E-state index contributed by atoms with van der Waals surface area (Å²) < 4.78 is 53.5. The summed E-state index contributed by atoms with van der Waals surface area (Å²) in [5, 5.41) is 9.70. The number of carbonyl (C=O) groups excluding carboxylic acids is 1. The third-order valence-corrected chi connectivity index (χ3v) is 5.96. The number of piperazine rings is 1. The highest BCUT2D eigenvalue weighted by atomic mass is 19.4. The Morgan fingerprint density at radius 1 is 1.18 bits per heavy atom. The number of rotatable bonds is 5. The van der Waals surface area contributed by atoms with E-state index < -0.39 is 29.0 Å². The van der Waals surface area contributed by atoms with Crippen LogP contribution in [0, 0.1) is 5.82 Å². The summed E-state index contributed by atoms with van der Waals surface area (Å²) in [4.78, 5) is 25.2. The van der Waals surface area contributed by atoms with Crippen molar-refractivity contribution in [2.75, 3.05) is 18.4 Å². The largest absolute Gasteiger partial charge is 0.419 e. The van der Waals surface area contributed by atoms with Crippen LogP contribution < -0.4 is 5.32 Å². The summed E-state index contributed by atoms with van der Waals surface area (Å²) in [6.07, 6.45) is 0.670. The number of halogens is 4. The Morgan fingerprint density at radius 2 is 2.03 bits per heavy atom. The molecule has 8 nitrogen and oxygen atoms in total. The van der Waals surface area contributed by atoms with Crippen LogP contribution in [0.4, 0.5) is 29.2 Å². The minimum atomic E-state index is -4.86. The zero-order valence-corrected chi connectivity index (χ0v) is 17.2. The second kappa shape index (κ2) is 8.10. The number of hydrogen-bond donors (Lipinski definition) is 2. The second-order valence-electron chi connectivity index (χ2n) is 8.09. The summed E-state index contributed by atoms with van der Waals surface area (Å²) in [5.74, 6) is -1.00. The summed E-state index contributed by atoms with van der Waals surface area (Å²) >= 11 is 0. The summed E-state index contributed by atoms with van der Waals surface area (Å²) in [6, 6.07) is 4.37. The van der Waals surface area contributed by atoms with Crippen molar-refractivity contribution in [1.29, 1.82) is 0 Å². The number of alkyl halides is 3. The first kappa shape index (κ1) is 21.3. The Balaban J connectivity index is 1.25. The molecule has 2 aliphatic heterocycles. The number of fused-ring (bicyclic) bond motifs is 2. The van der Waals surface area contributed by atoms with E-state index in [9.17, 15) is 22.4 Å². The fraction of sp³-hybridized carbons (Fsp3) is 0.333. The lowest BCUT2D eigenvalue weighted by Crippen LogP contribution is -2.48. The van der Waals surface area contributed by atoms with Gasteiger partial charge in [-0.25, -0.2) is 9.37 Å². The van der Waals surface area contributed by atoms with Crippen molar-refractivity contribution in [2.45, 2.75) is 31.2 Å². The molecule has 4 heterocycles. The van der Waals surface area contributed by atoms with Crippen molar-refractivity contribution < 1.29 is 22.4 Å². The van der Waals surface area contributed by atoms with Gasteiger partial charge in [0.15, 0.2) is 0 Å². The number of benzene rings is 1. The molecular weight excluding hydrogens is 442 g/mol. The predicted octanol–water partition coefficient (Wildman–Crippen LogP) is 3.20. The fourth-order valence-corrected chi connectivity index (χ4v) is 4.48. The molecule has 3 aromatic rings. The quantitative estimate of drug-likeness (QED) is 0.568. The van der Waals surface area contributed by atoms with Crippen molar-refractivity contribution in [3.8, 4) is 0 Å². The molecule has 0 spiro atoms. The minimum Gasteiger partial charge on any atom is -0.333 e. The van der Waals surface area contributed by atoms with Crippen LogP contribution in [0.3, 0.4) is 0 Å². The zero-order valence-electron chi connectivity index (χ0n) is 17.2. The van der Waals surface area contributed by atoms with Crippen molar-refractivity contribution >= 4 is 17.5 Å². The molecule has 0 saturated carbocycles. The number of hydrogen-bond acceptors (Lipinski definition) is 6. The topological polar surface area (TPSA) is 90.0 Å². The third kappa shape index (κ3) is 4.13. The van der Waals surface area contributed by atoms with E-state index >= 15 is 0 Å². The van der Waals surface area contributed by atoms with Gasteiger partial charge in [0.1, 0.15) is 17.5 Å². The van der Waals surface area contributed by atoms with E-state index in [0.717, 1.165) is 17.8 Å². The van der Waals surface area contributed by atoms with E-state index in [0.29, 0.717) is 43.8 Å². The van der Waals surface area contributed by atoms with Gasteiger partial charge in [0.2, 0.25) is 0 Å². The zero-order chi connectivity index (χ0) is 23.2. The first-order valence-corrected chi connectivity index (χ1v) is 10.3. The van der Waals surface area contributed by atoms with Crippen LogP contribution in [0.15, 0.2) is 42.9 Å². The molecule has 12 heteroatoms. The molecule has 2 atom stereocenters. The van der Waals surface area contributed by atoms with Crippen molar-refractivity contribution in [2.24, 2.45) is 0 Å².